The summed E-state index contributed by atoms with van der Waals surface area (Å²) in [5.74, 6) is 1.22. The van der Waals surface area contributed by atoms with Crippen molar-refractivity contribution in [2.75, 3.05) is 58.9 Å². The zero-order valence-corrected chi connectivity index (χ0v) is 14.4. The highest BCUT2D eigenvalue weighted by atomic mass is 16.5. The number of methoxy groups -OCH3 is 1. The number of likely N-dealkylation sites (tertiary alicyclic amines) is 1. The standard InChI is InChI=1S/C17H28N4O2/c1-20(2)16-15(5-4-8-18-16)17(22)19-13-14-6-9-21(10-7-14)11-12-23-3/h4-5,8,14H,6-7,9-13H2,1-3H3,(H,19,22). The monoisotopic (exact) mass is 320 g/mol. The second kappa shape index (κ2) is 8.84. The first-order valence-corrected chi connectivity index (χ1v) is 8.23. The summed E-state index contributed by atoms with van der Waals surface area (Å²) in [5, 5.41) is 3.07. The molecule has 128 valence electrons. The molecule has 0 bridgehead atoms. The minimum atomic E-state index is -0.0383. The van der Waals surface area contributed by atoms with Crippen LogP contribution in [-0.2, 0) is 4.74 Å². The lowest BCUT2D eigenvalue weighted by Gasteiger charge is -2.31. The molecule has 0 unspecified atom stereocenters. The Morgan fingerprint density at radius 1 is 1.43 bits per heavy atom. The maximum atomic E-state index is 12.4. The molecule has 1 aromatic heterocycles. The quantitative estimate of drug-likeness (QED) is 0.819. The molecule has 1 fully saturated rings. The van der Waals surface area contributed by atoms with E-state index in [1.54, 1.807) is 19.4 Å². The Hall–Kier alpha value is -1.66. The first kappa shape index (κ1) is 17.7. The average Bonchev–Trinajstić information content (AvgIpc) is 2.58. The zero-order chi connectivity index (χ0) is 16.7. The Morgan fingerprint density at radius 3 is 2.83 bits per heavy atom. The van der Waals surface area contributed by atoms with Crippen LogP contribution in [0.3, 0.4) is 0 Å². The summed E-state index contributed by atoms with van der Waals surface area (Å²) >= 11 is 0. The number of nitrogens with one attached hydrogen (secondary N) is 1. The highest BCUT2D eigenvalue weighted by molar-refractivity contribution is 5.98. The number of rotatable bonds is 7. The van der Waals surface area contributed by atoms with Crippen molar-refractivity contribution in [3.63, 3.8) is 0 Å². The zero-order valence-electron chi connectivity index (χ0n) is 14.4. The molecule has 1 aliphatic rings. The Kier molecular flexibility index (Phi) is 6.80. The van der Waals surface area contributed by atoms with Crippen molar-refractivity contribution in [3.05, 3.63) is 23.9 Å². The molecule has 0 radical (unpaired) electrons. The summed E-state index contributed by atoms with van der Waals surface area (Å²) in [6.45, 7) is 4.69. The third kappa shape index (κ3) is 5.18. The van der Waals surface area contributed by atoms with Crippen molar-refractivity contribution in [2.45, 2.75) is 12.8 Å². The molecule has 2 heterocycles. The van der Waals surface area contributed by atoms with Crippen LogP contribution in [0.5, 0.6) is 0 Å². The van der Waals surface area contributed by atoms with Gasteiger partial charge in [0.05, 0.1) is 12.2 Å². The fourth-order valence-electron chi connectivity index (χ4n) is 2.90. The van der Waals surface area contributed by atoms with E-state index in [-0.39, 0.29) is 5.91 Å². The van der Waals surface area contributed by atoms with Crippen LogP contribution in [0.1, 0.15) is 23.2 Å². The molecule has 1 saturated heterocycles. The fourth-order valence-corrected chi connectivity index (χ4v) is 2.90. The summed E-state index contributed by atoms with van der Waals surface area (Å²) in [5.41, 5.74) is 0.634. The van der Waals surface area contributed by atoms with Gasteiger partial charge in [-0.25, -0.2) is 4.98 Å². The van der Waals surface area contributed by atoms with Crippen LogP contribution in [0, 0.1) is 5.92 Å². The van der Waals surface area contributed by atoms with Gasteiger partial charge in [-0.3, -0.25) is 4.79 Å². The molecule has 23 heavy (non-hydrogen) atoms. The van der Waals surface area contributed by atoms with E-state index >= 15 is 0 Å². The van der Waals surface area contributed by atoms with Gasteiger partial charge in [0, 0.05) is 40.5 Å². The van der Waals surface area contributed by atoms with Crippen molar-refractivity contribution in [1.82, 2.24) is 15.2 Å². The van der Waals surface area contributed by atoms with E-state index in [0.29, 0.717) is 17.3 Å². The number of nitrogens with zero attached hydrogens (tertiary/aromatic N) is 3. The van der Waals surface area contributed by atoms with Gasteiger partial charge in [-0.15, -0.1) is 0 Å². The van der Waals surface area contributed by atoms with Gasteiger partial charge in [0.1, 0.15) is 5.82 Å². The summed E-state index contributed by atoms with van der Waals surface area (Å²) in [4.78, 5) is 21.0. The summed E-state index contributed by atoms with van der Waals surface area (Å²) in [7, 11) is 5.53. The molecule has 1 N–H and O–H groups in total. The number of piperidine rings is 1. The van der Waals surface area contributed by atoms with E-state index in [4.69, 9.17) is 4.74 Å². The molecule has 1 aliphatic heterocycles. The number of anilines is 1. The Morgan fingerprint density at radius 2 is 2.17 bits per heavy atom. The van der Waals surface area contributed by atoms with E-state index < -0.39 is 0 Å². The van der Waals surface area contributed by atoms with Crippen LogP contribution in [0.2, 0.25) is 0 Å². The largest absolute Gasteiger partial charge is 0.383 e. The fraction of sp³-hybridized carbons (Fsp3) is 0.647. The minimum absolute atomic E-state index is 0.0383. The van der Waals surface area contributed by atoms with Crippen LogP contribution in [0.15, 0.2) is 18.3 Å². The van der Waals surface area contributed by atoms with Crippen LogP contribution in [-0.4, -0.2) is 69.8 Å². The van der Waals surface area contributed by atoms with Crippen molar-refractivity contribution >= 4 is 11.7 Å². The number of ether oxygens (including phenoxy) is 1. The molecular formula is C17H28N4O2. The van der Waals surface area contributed by atoms with Crippen LogP contribution in [0.4, 0.5) is 5.82 Å². The van der Waals surface area contributed by atoms with Gasteiger partial charge < -0.3 is 19.9 Å². The highest BCUT2D eigenvalue weighted by Crippen LogP contribution is 2.17. The predicted octanol–water partition coefficient (Wildman–Crippen LogP) is 1.24. The number of hydrogen-bond acceptors (Lipinski definition) is 5. The van der Waals surface area contributed by atoms with Gasteiger partial charge in [0.15, 0.2) is 0 Å². The average molecular weight is 320 g/mol. The van der Waals surface area contributed by atoms with Crippen LogP contribution < -0.4 is 10.2 Å². The third-order valence-corrected chi connectivity index (χ3v) is 4.32. The van der Waals surface area contributed by atoms with Crippen molar-refractivity contribution in [3.8, 4) is 0 Å². The van der Waals surface area contributed by atoms with E-state index in [0.717, 1.165) is 45.6 Å². The Bertz CT molecular complexity index is 499. The Balaban J connectivity index is 1.80. The first-order chi connectivity index (χ1) is 11.1. The van der Waals surface area contributed by atoms with Crippen molar-refractivity contribution < 1.29 is 9.53 Å². The van der Waals surface area contributed by atoms with Gasteiger partial charge in [0.25, 0.3) is 5.91 Å². The molecule has 2 rings (SSSR count). The molecule has 6 heteroatoms. The normalized spacial score (nSPS) is 16.3. The lowest BCUT2D eigenvalue weighted by molar-refractivity contribution is 0.0926. The second-order valence-corrected chi connectivity index (χ2v) is 6.26. The van der Waals surface area contributed by atoms with Crippen molar-refractivity contribution in [2.24, 2.45) is 5.92 Å². The number of carbonyl (C=O) groups is 1. The molecular weight excluding hydrogens is 292 g/mol. The summed E-state index contributed by atoms with van der Waals surface area (Å²) < 4.78 is 5.12. The van der Waals surface area contributed by atoms with E-state index in [9.17, 15) is 4.79 Å². The van der Waals surface area contributed by atoms with Gasteiger partial charge in [-0.2, -0.15) is 0 Å². The molecule has 6 nitrogen and oxygen atoms in total. The van der Waals surface area contributed by atoms with E-state index in [1.807, 2.05) is 25.1 Å². The van der Waals surface area contributed by atoms with Gasteiger partial charge in [0.2, 0.25) is 0 Å². The molecule has 0 aromatic carbocycles. The molecule has 0 spiro atoms. The van der Waals surface area contributed by atoms with E-state index in [2.05, 4.69) is 15.2 Å². The Labute approximate surface area is 138 Å². The van der Waals surface area contributed by atoms with Crippen LogP contribution in [0.25, 0.3) is 0 Å². The minimum Gasteiger partial charge on any atom is -0.383 e. The highest BCUT2D eigenvalue weighted by Gasteiger charge is 2.20. The third-order valence-electron chi connectivity index (χ3n) is 4.32. The number of carbonyl (C=O) groups excluding carboxylic acids is 1. The molecule has 0 aliphatic carbocycles. The molecule has 0 atom stereocenters. The SMILES string of the molecule is COCCN1CCC(CNC(=O)c2cccnc2N(C)C)CC1. The number of amides is 1. The maximum absolute atomic E-state index is 12.4. The smallest absolute Gasteiger partial charge is 0.255 e. The van der Waals surface area contributed by atoms with E-state index in [1.165, 1.54) is 0 Å². The number of pyridine rings is 1. The van der Waals surface area contributed by atoms with Crippen LogP contribution >= 0.6 is 0 Å². The topological polar surface area (TPSA) is 57.7 Å². The lowest BCUT2D eigenvalue weighted by atomic mass is 9.96. The maximum Gasteiger partial charge on any atom is 0.255 e. The first-order valence-electron chi connectivity index (χ1n) is 8.23. The molecule has 1 aromatic rings. The lowest BCUT2D eigenvalue weighted by Crippen LogP contribution is -2.40. The van der Waals surface area contributed by atoms with Gasteiger partial charge >= 0.3 is 0 Å². The second-order valence-electron chi connectivity index (χ2n) is 6.26. The van der Waals surface area contributed by atoms with Gasteiger partial charge in [-0.05, 0) is 44.0 Å². The van der Waals surface area contributed by atoms with Crippen molar-refractivity contribution in [1.29, 1.82) is 0 Å². The summed E-state index contributed by atoms with van der Waals surface area (Å²) in [6.07, 6.45) is 3.96. The predicted molar refractivity (Wildman–Crippen MR) is 91.9 cm³/mol. The molecule has 1 amide bonds. The number of aromatic nitrogens is 1. The molecule has 0 saturated carbocycles. The summed E-state index contributed by atoms with van der Waals surface area (Å²) in [6, 6.07) is 3.63. The van der Waals surface area contributed by atoms with Gasteiger partial charge in [-0.1, -0.05) is 0 Å². The number of hydrogen-bond donors (Lipinski definition) is 1.